The third kappa shape index (κ3) is 3.35. The number of hydrogen-bond donors (Lipinski definition) is 1. The highest BCUT2D eigenvalue weighted by Gasteiger charge is 2.13. The average Bonchev–Trinajstić information content (AvgIpc) is 3.17. The number of nitrogens with one attached hydrogen (secondary N) is 1. The van der Waals surface area contributed by atoms with E-state index < -0.39 is 0 Å². The SMILES string of the molecule is CC(C)Nc1ccc(-c2nnc(-c3ccc4ncccc4c3)o2)cc1C#N. The lowest BCUT2D eigenvalue weighted by molar-refractivity contribution is 0.584. The number of benzene rings is 2. The van der Waals surface area contributed by atoms with Gasteiger partial charge in [0.25, 0.3) is 0 Å². The van der Waals surface area contributed by atoms with Crippen molar-refractivity contribution in [3.63, 3.8) is 0 Å². The summed E-state index contributed by atoms with van der Waals surface area (Å²) in [5, 5.41) is 22.0. The monoisotopic (exact) mass is 355 g/mol. The molecule has 0 aliphatic carbocycles. The number of aromatic nitrogens is 3. The molecule has 0 radical (unpaired) electrons. The summed E-state index contributed by atoms with van der Waals surface area (Å²) in [6.45, 7) is 4.05. The maximum atomic E-state index is 9.42. The van der Waals surface area contributed by atoms with Gasteiger partial charge < -0.3 is 9.73 Å². The van der Waals surface area contributed by atoms with Crippen molar-refractivity contribution >= 4 is 16.6 Å². The zero-order chi connectivity index (χ0) is 18.8. The largest absolute Gasteiger partial charge is 0.416 e. The normalized spacial score (nSPS) is 10.9. The van der Waals surface area contributed by atoms with E-state index in [1.165, 1.54) is 0 Å². The van der Waals surface area contributed by atoms with Crippen LogP contribution in [0.2, 0.25) is 0 Å². The van der Waals surface area contributed by atoms with Crippen LogP contribution in [0.4, 0.5) is 5.69 Å². The van der Waals surface area contributed by atoms with Gasteiger partial charge in [-0.2, -0.15) is 5.26 Å². The van der Waals surface area contributed by atoms with Gasteiger partial charge in [0.15, 0.2) is 0 Å². The van der Waals surface area contributed by atoms with E-state index in [0.717, 1.165) is 22.2 Å². The molecule has 0 saturated heterocycles. The van der Waals surface area contributed by atoms with Gasteiger partial charge in [-0.3, -0.25) is 4.98 Å². The highest BCUT2D eigenvalue weighted by molar-refractivity contribution is 5.82. The number of anilines is 1. The zero-order valence-electron chi connectivity index (χ0n) is 15.0. The maximum Gasteiger partial charge on any atom is 0.248 e. The molecule has 132 valence electrons. The van der Waals surface area contributed by atoms with Crippen LogP contribution in [0.5, 0.6) is 0 Å². The molecule has 0 atom stereocenters. The second-order valence-electron chi connectivity index (χ2n) is 6.49. The van der Waals surface area contributed by atoms with E-state index in [1.54, 1.807) is 12.3 Å². The highest BCUT2D eigenvalue weighted by Crippen LogP contribution is 2.28. The molecule has 0 aliphatic rings. The van der Waals surface area contributed by atoms with Gasteiger partial charge >= 0.3 is 0 Å². The van der Waals surface area contributed by atoms with Crippen molar-refractivity contribution < 1.29 is 4.42 Å². The molecule has 0 spiro atoms. The molecule has 2 heterocycles. The molecule has 2 aromatic carbocycles. The van der Waals surface area contributed by atoms with Crippen molar-refractivity contribution in [1.82, 2.24) is 15.2 Å². The summed E-state index contributed by atoms with van der Waals surface area (Å²) < 4.78 is 5.85. The number of rotatable bonds is 4. The minimum absolute atomic E-state index is 0.236. The lowest BCUT2D eigenvalue weighted by atomic mass is 10.1. The fourth-order valence-electron chi connectivity index (χ4n) is 2.87. The second kappa shape index (κ2) is 6.89. The number of nitriles is 1. The first-order valence-corrected chi connectivity index (χ1v) is 8.64. The molecule has 0 saturated carbocycles. The van der Waals surface area contributed by atoms with Crippen LogP contribution in [0.15, 0.2) is 59.1 Å². The fraction of sp³-hybridized carbons (Fsp3) is 0.143. The van der Waals surface area contributed by atoms with Crippen molar-refractivity contribution in [2.45, 2.75) is 19.9 Å². The average molecular weight is 355 g/mol. The predicted molar refractivity (Wildman–Crippen MR) is 104 cm³/mol. The molecule has 0 bridgehead atoms. The summed E-state index contributed by atoms with van der Waals surface area (Å²) in [7, 11) is 0. The topological polar surface area (TPSA) is 87.6 Å². The Kier molecular flexibility index (Phi) is 4.27. The van der Waals surface area contributed by atoms with Crippen LogP contribution in [0.1, 0.15) is 19.4 Å². The van der Waals surface area contributed by atoms with Gasteiger partial charge in [-0.25, -0.2) is 0 Å². The first kappa shape index (κ1) is 16.7. The first-order valence-electron chi connectivity index (χ1n) is 8.64. The standard InChI is InChI=1S/C21H17N5O/c1-13(2)24-19-8-6-16(11-17(19)12-22)21-26-25-20(27-21)15-5-7-18-14(10-15)4-3-9-23-18/h3-11,13,24H,1-2H3. The minimum atomic E-state index is 0.236. The van der Waals surface area contributed by atoms with Gasteiger partial charge in [0.1, 0.15) is 6.07 Å². The molecule has 27 heavy (non-hydrogen) atoms. The molecule has 6 nitrogen and oxygen atoms in total. The van der Waals surface area contributed by atoms with E-state index >= 15 is 0 Å². The molecule has 0 unspecified atom stereocenters. The van der Waals surface area contributed by atoms with Crippen molar-refractivity contribution in [2.75, 3.05) is 5.32 Å². The quantitative estimate of drug-likeness (QED) is 0.573. The Balaban J connectivity index is 1.68. The molecule has 6 heteroatoms. The van der Waals surface area contributed by atoms with Crippen LogP contribution < -0.4 is 5.32 Å². The third-order valence-electron chi connectivity index (χ3n) is 4.11. The number of fused-ring (bicyclic) bond motifs is 1. The predicted octanol–water partition coefficient (Wildman–Crippen LogP) is 4.64. The van der Waals surface area contributed by atoms with Crippen molar-refractivity contribution in [3.05, 3.63) is 60.3 Å². The number of nitrogens with zero attached hydrogens (tertiary/aromatic N) is 4. The fourth-order valence-corrected chi connectivity index (χ4v) is 2.87. The zero-order valence-corrected chi connectivity index (χ0v) is 15.0. The molecule has 1 N–H and O–H groups in total. The van der Waals surface area contributed by atoms with E-state index in [2.05, 4.69) is 26.6 Å². The summed E-state index contributed by atoms with van der Waals surface area (Å²) in [6, 6.07) is 17.6. The Morgan fingerprint density at radius 1 is 1.00 bits per heavy atom. The lowest BCUT2D eigenvalue weighted by Crippen LogP contribution is -2.10. The molecule has 0 fully saturated rings. The van der Waals surface area contributed by atoms with E-state index in [4.69, 9.17) is 4.42 Å². The third-order valence-corrected chi connectivity index (χ3v) is 4.11. The van der Waals surface area contributed by atoms with Crippen LogP contribution in [0.3, 0.4) is 0 Å². The van der Waals surface area contributed by atoms with Crippen molar-refractivity contribution in [2.24, 2.45) is 0 Å². The summed E-state index contributed by atoms with van der Waals surface area (Å²) in [5.41, 5.74) is 3.78. The lowest BCUT2D eigenvalue weighted by Gasteiger charge is -2.11. The van der Waals surface area contributed by atoms with Crippen LogP contribution in [-0.4, -0.2) is 21.2 Å². The molecular weight excluding hydrogens is 338 g/mol. The van der Waals surface area contributed by atoms with E-state index in [9.17, 15) is 5.26 Å². The Bertz CT molecular complexity index is 1160. The minimum Gasteiger partial charge on any atom is -0.416 e. The number of pyridine rings is 1. The molecule has 2 aromatic heterocycles. The summed E-state index contributed by atoms with van der Waals surface area (Å²) in [5.74, 6) is 0.808. The first-order chi connectivity index (χ1) is 13.1. The maximum absolute atomic E-state index is 9.42. The highest BCUT2D eigenvalue weighted by atomic mass is 16.4. The van der Waals surface area contributed by atoms with E-state index in [1.807, 2.05) is 56.3 Å². The molecule has 4 aromatic rings. The summed E-state index contributed by atoms with van der Waals surface area (Å²) in [4.78, 5) is 4.31. The van der Waals surface area contributed by atoms with Crippen LogP contribution in [0, 0.1) is 11.3 Å². The summed E-state index contributed by atoms with van der Waals surface area (Å²) >= 11 is 0. The molecule has 0 amide bonds. The van der Waals surface area contributed by atoms with E-state index in [-0.39, 0.29) is 6.04 Å². The van der Waals surface area contributed by atoms with E-state index in [0.29, 0.717) is 22.9 Å². The van der Waals surface area contributed by atoms with Gasteiger partial charge in [-0.1, -0.05) is 6.07 Å². The van der Waals surface area contributed by atoms with Gasteiger partial charge in [0.05, 0.1) is 16.8 Å². The van der Waals surface area contributed by atoms with Crippen LogP contribution in [0.25, 0.3) is 33.8 Å². The van der Waals surface area contributed by atoms with Gasteiger partial charge in [-0.05, 0) is 56.3 Å². The Labute approximate surface area is 156 Å². The number of hydrogen-bond acceptors (Lipinski definition) is 6. The molecule has 0 aliphatic heterocycles. The molecular formula is C21H17N5O. The Hall–Kier alpha value is -3.72. The van der Waals surface area contributed by atoms with Crippen molar-refractivity contribution in [3.8, 4) is 29.0 Å². The van der Waals surface area contributed by atoms with Gasteiger partial charge in [0, 0.05) is 28.8 Å². The van der Waals surface area contributed by atoms with Crippen LogP contribution >= 0.6 is 0 Å². The second-order valence-corrected chi connectivity index (χ2v) is 6.49. The Morgan fingerprint density at radius 3 is 2.48 bits per heavy atom. The molecule has 4 rings (SSSR count). The Morgan fingerprint density at radius 2 is 1.74 bits per heavy atom. The summed E-state index contributed by atoms with van der Waals surface area (Å²) in [6.07, 6.45) is 1.76. The smallest absolute Gasteiger partial charge is 0.248 e. The van der Waals surface area contributed by atoms with Gasteiger partial charge in [-0.15, -0.1) is 10.2 Å². The van der Waals surface area contributed by atoms with Gasteiger partial charge in [0.2, 0.25) is 11.8 Å². The van der Waals surface area contributed by atoms with Crippen LogP contribution in [-0.2, 0) is 0 Å². The van der Waals surface area contributed by atoms with Crippen molar-refractivity contribution in [1.29, 1.82) is 5.26 Å².